The summed E-state index contributed by atoms with van der Waals surface area (Å²) in [7, 11) is 0. The van der Waals surface area contributed by atoms with Crippen LogP contribution in [0.15, 0.2) is 0 Å². The first-order valence-electron chi connectivity index (χ1n) is 8.04. The highest BCUT2D eigenvalue weighted by atomic mass is 32.1. The lowest BCUT2D eigenvalue weighted by Gasteiger charge is -2.23. The van der Waals surface area contributed by atoms with Gasteiger partial charge in [0.25, 0.3) is 0 Å². The molecule has 0 saturated heterocycles. The molecular weight excluding hydrogens is 414 g/mol. The smallest absolute Gasteiger partial charge is 0.328 e. The van der Waals surface area contributed by atoms with Crippen LogP contribution in [0.3, 0.4) is 0 Å². The predicted molar refractivity (Wildman–Crippen MR) is 98.4 cm³/mol. The number of primary amides is 1. The van der Waals surface area contributed by atoms with Crippen LogP contribution >= 0.6 is 12.6 Å². The Morgan fingerprint density at radius 3 is 1.72 bits per heavy atom. The fraction of sp³-hybridized carbons (Fsp3) is 0.571. The fourth-order valence-corrected chi connectivity index (χ4v) is 2.15. The molecule has 14 nitrogen and oxygen atoms in total. The second-order valence-corrected chi connectivity index (χ2v) is 6.13. The number of amides is 4. The molecule has 0 saturated carbocycles. The highest BCUT2D eigenvalue weighted by molar-refractivity contribution is 7.80. The van der Waals surface area contributed by atoms with E-state index >= 15 is 0 Å². The van der Waals surface area contributed by atoms with E-state index in [-0.39, 0.29) is 5.75 Å². The van der Waals surface area contributed by atoms with Crippen molar-refractivity contribution in [3.8, 4) is 0 Å². The molecule has 10 N–H and O–H groups in total. The van der Waals surface area contributed by atoms with Crippen molar-refractivity contribution >= 4 is 48.2 Å². The minimum atomic E-state index is -1.72. The first-order valence-corrected chi connectivity index (χ1v) is 8.67. The van der Waals surface area contributed by atoms with E-state index in [0.717, 1.165) is 0 Å². The fourth-order valence-electron chi connectivity index (χ4n) is 1.90. The molecule has 0 aromatic carbocycles. The van der Waals surface area contributed by atoms with Gasteiger partial charge in [0.1, 0.15) is 18.1 Å². The average Bonchev–Trinajstić information content (AvgIpc) is 2.61. The monoisotopic (exact) mass is 437 g/mol. The molecule has 0 aliphatic heterocycles. The Hall–Kier alpha value is -2.91. The van der Waals surface area contributed by atoms with Crippen molar-refractivity contribution in [1.82, 2.24) is 16.0 Å². The van der Waals surface area contributed by atoms with Gasteiger partial charge in [-0.3, -0.25) is 24.0 Å². The van der Waals surface area contributed by atoms with Gasteiger partial charge in [-0.1, -0.05) is 0 Å². The van der Waals surface area contributed by atoms with Gasteiger partial charge in [-0.2, -0.15) is 12.6 Å². The molecule has 4 unspecified atom stereocenters. The van der Waals surface area contributed by atoms with E-state index in [4.69, 9.17) is 26.8 Å². The Bertz CT molecular complexity index is 659. The van der Waals surface area contributed by atoms with Gasteiger partial charge in [0.05, 0.1) is 25.5 Å². The Morgan fingerprint density at radius 1 is 0.828 bits per heavy atom. The third kappa shape index (κ3) is 9.72. The summed E-state index contributed by atoms with van der Waals surface area (Å²) in [5.74, 6) is -7.32. The van der Waals surface area contributed by atoms with Gasteiger partial charge >= 0.3 is 11.9 Å². The number of aliphatic hydroxyl groups is 1. The number of carboxylic acid groups (broad SMARTS) is 2. The summed E-state index contributed by atoms with van der Waals surface area (Å²) in [4.78, 5) is 68.9. The second-order valence-electron chi connectivity index (χ2n) is 5.76. The van der Waals surface area contributed by atoms with Crippen LogP contribution in [0.25, 0.3) is 0 Å². The predicted octanol–water partition coefficient (Wildman–Crippen LogP) is -4.88. The number of hydrogen-bond acceptors (Lipinski definition) is 9. The van der Waals surface area contributed by atoms with Crippen LogP contribution in [-0.4, -0.2) is 87.4 Å². The van der Waals surface area contributed by atoms with E-state index in [9.17, 15) is 28.8 Å². The van der Waals surface area contributed by atoms with Crippen LogP contribution in [0.2, 0.25) is 0 Å². The molecular formula is C14H23N5O9S. The van der Waals surface area contributed by atoms with E-state index in [1.54, 1.807) is 0 Å². The molecule has 164 valence electrons. The van der Waals surface area contributed by atoms with Gasteiger partial charge < -0.3 is 42.7 Å². The summed E-state index contributed by atoms with van der Waals surface area (Å²) in [6.45, 7) is -0.970. The zero-order valence-electron chi connectivity index (χ0n) is 15.0. The molecule has 0 rings (SSSR count). The van der Waals surface area contributed by atoms with Crippen molar-refractivity contribution in [2.75, 3.05) is 12.4 Å². The topological polar surface area (TPSA) is 251 Å². The zero-order chi connectivity index (χ0) is 22.7. The van der Waals surface area contributed by atoms with E-state index < -0.39 is 79.2 Å². The van der Waals surface area contributed by atoms with Crippen molar-refractivity contribution in [2.24, 2.45) is 11.5 Å². The highest BCUT2D eigenvalue weighted by Gasteiger charge is 2.31. The second kappa shape index (κ2) is 12.5. The summed E-state index contributed by atoms with van der Waals surface area (Å²) in [5, 5.41) is 32.7. The largest absolute Gasteiger partial charge is 0.481 e. The molecule has 0 aliphatic rings. The Balaban J connectivity index is 5.19. The molecule has 29 heavy (non-hydrogen) atoms. The first-order chi connectivity index (χ1) is 13.4. The van der Waals surface area contributed by atoms with Crippen molar-refractivity contribution in [2.45, 2.75) is 37.0 Å². The van der Waals surface area contributed by atoms with Gasteiger partial charge in [-0.15, -0.1) is 0 Å². The number of nitrogens with one attached hydrogen (secondary N) is 3. The third-order valence-electron chi connectivity index (χ3n) is 3.38. The lowest BCUT2D eigenvalue weighted by molar-refractivity contribution is -0.144. The van der Waals surface area contributed by atoms with E-state index in [0.29, 0.717) is 0 Å². The van der Waals surface area contributed by atoms with Gasteiger partial charge in [-0.25, -0.2) is 4.79 Å². The molecule has 0 heterocycles. The van der Waals surface area contributed by atoms with Crippen molar-refractivity contribution in [3.63, 3.8) is 0 Å². The molecule has 0 spiro atoms. The van der Waals surface area contributed by atoms with Crippen LogP contribution in [-0.2, 0) is 28.8 Å². The molecule has 0 aliphatic carbocycles. The summed E-state index contributed by atoms with van der Waals surface area (Å²) < 4.78 is 0. The Labute approximate surface area is 169 Å². The molecule has 0 aromatic heterocycles. The van der Waals surface area contributed by atoms with Crippen LogP contribution in [0.1, 0.15) is 12.8 Å². The van der Waals surface area contributed by atoms with Crippen molar-refractivity contribution in [1.29, 1.82) is 0 Å². The van der Waals surface area contributed by atoms with Crippen LogP contribution < -0.4 is 27.4 Å². The third-order valence-corrected chi connectivity index (χ3v) is 3.75. The number of nitrogens with two attached hydrogens (primary N) is 2. The van der Waals surface area contributed by atoms with Gasteiger partial charge in [0.15, 0.2) is 0 Å². The summed E-state index contributed by atoms with van der Waals surface area (Å²) >= 11 is 3.87. The van der Waals surface area contributed by atoms with Crippen LogP contribution in [0.5, 0.6) is 0 Å². The molecule has 0 radical (unpaired) electrons. The summed E-state index contributed by atoms with van der Waals surface area (Å²) in [5.41, 5.74) is 10.4. The van der Waals surface area contributed by atoms with Crippen molar-refractivity contribution in [3.05, 3.63) is 0 Å². The number of carbonyl (C=O) groups excluding carboxylic acids is 4. The standard InChI is InChI=1S/C14H23N5O9S/c15-5(1-9(16)21)11(24)19-8(4-29)13(26)17-6(2-10(22)23)12(25)18-7(3-20)14(27)28/h5-8,20,29H,1-4,15H2,(H2,16,21)(H,17,26)(H,18,25)(H,19,24)(H,22,23)(H,27,28). The average molecular weight is 437 g/mol. The number of rotatable bonds is 13. The highest BCUT2D eigenvalue weighted by Crippen LogP contribution is 1.99. The molecule has 0 fully saturated rings. The number of hydrogen-bond donors (Lipinski definition) is 9. The Kier molecular flexibility index (Phi) is 11.3. The lowest BCUT2D eigenvalue weighted by atomic mass is 10.1. The zero-order valence-corrected chi connectivity index (χ0v) is 15.9. The molecule has 4 amide bonds. The van der Waals surface area contributed by atoms with E-state index in [1.165, 1.54) is 0 Å². The quantitative estimate of drug-likeness (QED) is 0.124. The van der Waals surface area contributed by atoms with Crippen molar-refractivity contribution < 1.29 is 44.1 Å². The summed E-state index contributed by atoms with van der Waals surface area (Å²) in [6, 6.07) is -6.14. The SMILES string of the molecule is NC(=O)CC(N)C(=O)NC(CS)C(=O)NC(CC(=O)O)C(=O)NC(CO)C(=O)O. The maximum absolute atomic E-state index is 12.3. The molecule has 4 atom stereocenters. The molecule has 0 aromatic rings. The number of carbonyl (C=O) groups is 6. The molecule has 15 heteroatoms. The lowest BCUT2D eigenvalue weighted by Crippen LogP contribution is -2.58. The van der Waals surface area contributed by atoms with Gasteiger partial charge in [0.2, 0.25) is 23.6 Å². The van der Waals surface area contributed by atoms with Gasteiger partial charge in [-0.05, 0) is 0 Å². The number of aliphatic hydroxyl groups excluding tert-OH is 1. The normalized spacial score (nSPS) is 14.6. The molecule has 0 bridgehead atoms. The maximum atomic E-state index is 12.3. The number of thiol groups is 1. The Morgan fingerprint density at radius 2 is 1.31 bits per heavy atom. The van der Waals surface area contributed by atoms with Crippen LogP contribution in [0.4, 0.5) is 0 Å². The minimum absolute atomic E-state index is 0.281. The van der Waals surface area contributed by atoms with Crippen LogP contribution in [0, 0.1) is 0 Å². The minimum Gasteiger partial charge on any atom is -0.481 e. The van der Waals surface area contributed by atoms with E-state index in [1.807, 2.05) is 5.32 Å². The number of carboxylic acids is 2. The first kappa shape index (κ1) is 26.1. The number of aliphatic carboxylic acids is 2. The summed E-state index contributed by atoms with van der Waals surface area (Å²) in [6.07, 6.45) is -1.40. The van der Waals surface area contributed by atoms with Gasteiger partial charge in [0, 0.05) is 5.75 Å². The maximum Gasteiger partial charge on any atom is 0.328 e. The van der Waals surface area contributed by atoms with E-state index in [2.05, 4.69) is 23.3 Å².